The number of anilines is 1. The SMILES string of the molecule is Cc1cccc(NCCCC2=CCCC=C2)n1. The van der Waals surface area contributed by atoms with Crippen molar-refractivity contribution in [2.75, 3.05) is 11.9 Å². The summed E-state index contributed by atoms with van der Waals surface area (Å²) in [7, 11) is 0. The number of nitrogens with zero attached hydrogens (tertiary/aromatic N) is 1. The predicted molar refractivity (Wildman–Crippen MR) is 73.2 cm³/mol. The molecule has 0 amide bonds. The minimum atomic E-state index is 0.984. The number of allylic oxidation sites excluding steroid dienone is 4. The molecular formula is C15H20N2. The van der Waals surface area contributed by atoms with Crippen LogP contribution in [0.4, 0.5) is 5.82 Å². The quantitative estimate of drug-likeness (QED) is 0.774. The number of nitrogens with one attached hydrogen (secondary N) is 1. The zero-order valence-corrected chi connectivity index (χ0v) is 10.4. The lowest BCUT2D eigenvalue weighted by Gasteiger charge is -2.08. The summed E-state index contributed by atoms with van der Waals surface area (Å²) >= 11 is 0. The lowest BCUT2D eigenvalue weighted by Crippen LogP contribution is -2.04. The Morgan fingerprint density at radius 1 is 1.29 bits per heavy atom. The van der Waals surface area contributed by atoms with Gasteiger partial charge in [-0.1, -0.05) is 29.9 Å². The molecule has 0 saturated heterocycles. The first kappa shape index (κ1) is 11.9. The molecule has 1 heterocycles. The zero-order chi connectivity index (χ0) is 11.9. The van der Waals surface area contributed by atoms with E-state index >= 15 is 0 Å². The average Bonchev–Trinajstić information content (AvgIpc) is 2.36. The fourth-order valence-corrected chi connectivity index (χ4v) is 2.00. The van der Waals surface area contributed by atoms with Gasteiger partial charge in [0.05, 0.1) is 0 Å². The molecular weight excluding hydrogens is 208 g/mol. The summed E-state index contributed by atoms with van der Waals surface area (Å²) in [5.74, 6) is 0.984. The number of pyridine rings is 1. The van der Waals surface area contributed by atoms with E-state index in [2.05, 4.69) is 28.5 Å². The highest BCUT2D eigenvalue weighted by Crippen LogP contribution is 2.14. The van der Waals surface area contributed by atoms with Crippen molar-refractivity contribution in [1.82, 2.24) is 4.98 Å². The van der Waals surface area contributed by atoms with Crippen LogP contribution in [-0.4, -0.2) is 11.5 Å². The third-order valence-corrected chi connectivity index (χ3v) is 2.91. The van der Waals surface area contributed by atoms with Gasteiger partial charge in [0.2, 0.25) is 0 Å². The van der Waals surface area contributed by atoms with Gasteiger partial charge in [-0.25, -0.2) is 4.98 Å². The second-order valence-corrected chi connectivity index (χ2v) is 4.45. The van der Waals surface area contributed by atoms with Gasteiger partial charge in [-0.05, 0) is 44.7 Å². The Hall–Kier alpha value is -1.57. The second kappa shape index (κ2) is 6.24. The van der Waals surface area contributed by atoms with E-state index in [9.17, 15) is 0 Å². The fraction of sp³-hybridized carbons (Fsp3) is 0.400. The summed E-state index contributed by atoms with van der Waals surface area (Å²) in [6.07, 6.45) is 11.6. The summed E-state index contributed by atoms with van der Waals surface area (Å²) in [6, 6.07) is 6.08. The largest absolute Gasteiger partial charge is 0.370 e. The van der Waals surface area contributed by atoms with Crippen LogP contribution < -0.4 is 5.32 Å². The highest BCUT2D eigenvalue weighted by atomic mass is 15.0. The Morgan fingerprint density at radius 3 is 3.00 bits per heavy atom. The van der Waals surface area contributed by atoms with Crippen LogP contribution in [0.2, 0.25) is 0 Å². The highest BCUT2D eigenvalue weighted by Gasteiger charge is 1.98. The molecule has 0 unspecified atom stereocenters. The van der Waals surface area contributed by atoms with Gasteiger partial charge in [0.25, 0.3) is 0 Å². The molecule has 0 aliphatic heterocycles. The predicted octanol–water partition coefficient (Wildman–Crippen LogP) is 3.86. The smallest absolute Gasteiger partial charge is 0.126 e. The van der Waals surface area contributed by atoms with E-state index in [-0.39, 0.29) is 0 Å². The summed E-state index contributed by atoms with van der Waals surface area (Å²) in [4.78, 5) is 4.42. The van der Waals surface area contributed by atoms with Crippen LogP contribution in [0.25, 0.3) is 0 Å². The van der Waals surface area contributed by atoms with Crippen LogP contribution in [0.5, 0.6) is 0 Å². The lowest BCUT2D eigenvalue weighted by atomic mass is 10.0. The topological polar surface area (TPSA) is 24.9 Å². The molecule has 1 N–H and O–H groups in total. The average molecular weight is 228 g/mol. The van der Waals surface area contributed by atoms with Gasteiger partial charge in [-0.15, -0.1) is 0 Å². The van der Waals surface area contributed by atoms with E-state index in [0.29, 0.717) is 0 Å². The van der Waals surface area contributed by atoms with Gasteiger partial charge in [-0.2, -0.15) is 0 Å². The molecule has 0 spiro atoms. The minimum absolute atomic E-state index is 0.984. The second-order valence-electron chi connectivity index (χ2n) is 4.45. The van der Waals surface area contributed by atoms with Gasteiger partial charge < -0.3 is 5.32 Å². The lowest BCUT2D eigenvalue weighted by molar-refractivity contribution is 0.845. The summed E-state index contributed by atoms with van der Waals surface area (Å²) < 4.78 is 0. The summed E-state index contributed by atoms with van der Waals surface area (Å²) in [5.41, 5.74) is 2.54. The Bertz CT molecular complexity index is 419. The number of hydrogen-bond donors (Lipinski definition) is 1. The molecule has 1 aromatic rings. The first-order chi connectivity index (χ1) is 8.34. The third kappa shape index (κ3) is 4.06. The van der Waals surface area contributed by atoms with Gasteiger partial charge in [0.15, 0.2) is 0 Å². The van der Waals surface area contributed by atoms with E-state index < -0.39 is 0 Å². The first-order valence-electron chi connectivity index (χ1n) is 6.38. The van der Waals surface area contributed by atoms with Crippen LogP contribution in [0.3, 0.4) is 0 Å². The molecule has 0 saturated carbocycles. The monoisotopic (exact) mass is 228 g/mol. The molecule has 0 fully saturated rings. The van der Waals surface area contributed by atoms with Crippen LogP contribution in [-0.2, 0) is 0 Å². The van der Waals surface area contributed by atoms with Gasteiger partial charge in [0, 0.05) is 12.2 Å². The molecule has 1 aliphatic rings. The van der Waals surface area contributed by atoms with E-state index in [1.165, 1.54) is 18.4 Å². The molecule has 1 aliphatic carbocycles. The van der Waals surface area contributed by atoms with Crippen molar-refractivity contribution in [1.29, 1.82) is 0 Å². The standard InChI is InChI=1S/C15H20N2/c1-13-7-5-11-15(17-13)16-12-6-10-14-8-3-2-4-9-14/h3,5,7-9,11H,2,4,6,10,12H2,1H3,(H,16,17). The molecule has 17 heavy (non-hydrogen) atoms. The van der Waals surface area contributed by atoms with Crippen molar-refractivity contribution in [3.05, 3.63) is 47.7 Å². The zero-order valence-electron chi connectivity index (χ0n) is 10.4. The number of aryl methyl sites for hydroxylation is 1. The van der Waals surface area contributed by atoms with Crippen molar-refractivity contribution in [3.63, 3.8) is 0 Å². The number of aromatic nitrogens is 1. The van der Waals surface area contributed by atoms with Crippen LogP contribution in [0.15, 0.2) is 42.0 Å². The normalized spacial score (nSPS) is 14.5. The van der Waals surface area contributed by atoms with E-state index in [1.54, 1.807) is 0 Å². The van der Waals surface area contributed by atoms with Crippen LogP contribution >= 0.6 is 0 Å². The third-order valence-electron chi connectivity index (χ3n) is 2.91. The van der Waals surface area contributed by atoms with E-state index in [0.717, 1.165) is 30.9 Å². The maximum atomic E-state index is 4.42. The van der Waals surface area contributed by atoms with Crippen LogP contribution in [0, 0.1) is 6.92 Å². The molecule has 90 valence electrons. The summed E-state index contributed by atoms with van der Waals surface area (Å²) in [5, 5.41) is 3.36. The van der Waals surface area contributed by atoms with Gasteiger partial charge in [-0.3, -0.25) is 0 Å². The van der Waals surface area contributed by atoms with Crippen molar-refractivity contribution in [3.8, 4) is 0 Å². The maximum absolute atomic E-state index is 4.42. The molecule has 1 aromatic heterocycles. The van der Waals surface area contributed by atoms with Crippen molar-refractivity contribution < 1.29 is 0 Å². The van der Waals surface area contributed by atoms with Crippen molar-refractivity contribution >= 4 is 5.82 Å². The van der Waals surface area contributed by atoms with E-state index in [1.807, 2.05) is 25.1 Å². The molecule has 0 radical (unpaired) electrons. The van der Waals surface area contributed by atoms with Crippen molar-refractivity contribution in [2.24, 2.45) is 0 Å². The maximum Gasteiger partial charge on any atom is 0.126 e. The van der Waals surface area contributed by atoms with Gasteiger partial charge >= 0.3 is 0 Å². The first-order valence-corrected chi connectivity index (χ1v) is 6.38. The Kier molecular flexibility index (Phi) is 4.37. The molecule has 2 heteroatoms. The molecule has 0 atom stereocenters. The summed E-state index contributed by atoms with van der Waals surface area (Å²) in [6.45, 7) is 3.00. The van der Waals surface area contributed by atoms with Crippen molar-refractivity contribution in [2.45, 2.75) is 32.6 Å². The molecule has 2 rings (SSSR count). The van der Waals surface area contributed by atoms with E-state index in [4.69, 9.17) is 0 Å². The number of rotatable bonds is 5. The molecule has 0 aromatic carbocycles. The fourth-order valence-electron chi connectivity index (χ4n) is 2.00. The Balaban J connectivity index is 1.69. The Morgan fingerprint density at radius 2 is 2.24 bits per heavy atom. The number of hydrogen-bond acceptors (Lipinski definition) is 2. The molecule has 0 bridgehead atoms. The van der Waals surface area contributed by atoms with Crippen LogP contribution in [0.1, 0.15) is 31.4 Å². The minimum Gasteiger partial charge on any atom is -0.370 e. The molecule has 2 nitrogen and oxygen atoms in total. The van der Waals surface area contributed by atoms with Gasteiger partial charge in [0.1, 0.15) is 5.82 Å². The Labute approximate surface area is 103 Å². The highest BCUT2D eigenvalue weighted by molar-refractivity contribution is 5.35.